The van der Waals surface area contributed by atoms with E-state index in [2.05, 4.69) is 75.9 Å². The fraction of sp³-hybridized carbons (Fsp3) is 0.308. The van der Waals surface area contributed by atoms with Crippen LogP contribution in [0, 0.1) is 0 Å². The smallest absolute Gasteiger partial charge is 0.0723 e. The number of pyridine rings is 1. The maximum atomic E-state index is 4.42. The number of rotatable bonds is 1. The predicted octanol–water partition coefficient (Wildman–Crippen LogP) is 4.34. The van der Waals surface area contributed by atoms with Gasteiger partial charge in [0.05, 0.1) is 11.2 Å². The highest BCUT2D eigenvalue weighted by atomic mass is 79.9. The third-order valence-corrected chi connectivity index (χ3v) is 6.41. The van der Waals surface area contributed by atoms with Crippen LogP contribution in [0.15, 0.2) is 34.9 Å². The van der Waals surface area contributed by atoms with Crippen LogP contribution < -0.4 is 4.90 Å². The average Bonchev–Trinajstić information content (AvgIpc) is 2.69. The Labute approximate surface area is 131 Å². The molecule has 2 heterocycles. The molecular weight excluding hydrogens is 424 g/mol. The van der Waals surface area contributed by atoms with Crippen molar-refractivity contribution in [2.24, 2.45) is 0 Å². The number of alkyl halides is 2. The van der Waals surface area contributed by atoms with E-state index < -0.39 is 0 Å². The molecule has 18 heavy (non-hydrogen) atoms. The highest BCUT2D eigenvalue weighted by Crippen LogP contribution is 2.37. The molecule has 0 amide bonds. The molecule has 1 saturated heterocycles. The van der Waals surface area contributed by atoms with E-state index in [0.29, 0.717) is 9.65 Å². The zero-order valence-electron chi connectivity index (χ0n) is 9.48. The van der Waals surface area contributed by atoms with Gasteiger partial charge in [0.1, 0.15) is 0 Å². The summed E-state index contributed by atoms with van der Waals surface area (Å²) in [6, 6.07) is 8.25. The molecule has 0 radical (unpaired) electrons. The molecule has 0 aliphatic carbocycles. The van der Waals surface area contributed by atoms with Crippen LogP contribution in [0.1, 0.15) is 0 Å². The monoisotopic (exact) mass is 432 g/mol. The topological polar surface area (TPSA) is 16.1 Å². The number of anilines is 1. The van der Waals surface area contributed by atoms with Crippen molar-refractivity contribution in [2.45, 2.75) is 9.65 Å². The number of benzene rings is 1. The first-order valence-electron chi connectivity index (χ1n) is 5.73. The van der Waals surface area contributed by atoms with E-state index in [0.717, 1.165) is 23.1 Å². The van der Waals surface area contributed by atoms with Crippen molar-refractivity contribution in [1.29, 1.82) is 0 Å². The molecule has 94 valence electrons. The van der Waals surface area contributed by atoms with Crippen LogP contribution in [0.4, 0.5) is 5.69 Å². The van der Waals surface area contributed by atoms with E-state index in [4.69, 9.17) is 0 Å². The molecule has 2 aromatic rings. The second-order valence-electron chi connectivity index (χ2n) is 4.40. The fourth-order valence-corrected chi connectivity index (χ4v) is 3.97. The van der Waals surface area contributed by atoms with Gasteiger partial charge >= 0.3 is 0 Å². The summed E-state index contributed by atoms with van der Waals surface area (Å²) in [5.74, 6) is 0. The van der Waals surface area contributed by atoms with Gasteiger partial charge in [-0.1, -0.05) is 31.9 Å². The molecule has 3 rings (SSSR count). The zero-order chi connectivity index (χ0) is 12.7. The summed E-state index contributed by atoms with van der Waals surface area (Å²) in [5.41, 5.74) is 2.28. The van der Waals surface area contributed by atoms with Gasteiger partial charge in [0, 0.05) is 38.8 Å². The molecule has 0 saturated carbocycles. The standard InChI is InChI=1S/C13H11Br3N2/c14-9-3-4-12-8(2-1-5-17-12)13(9)18-6-10(15)11(16)7-18/h1-5,10-11H,6-7H2/t10-,11-/m1/s1. The van der Waals surface area contributed by atoms with Crippen molar-refractivity contribution < 1.29 is 0 Å². The van der Waals surface area contributed by atoms with E-state index in [1.54, 1.807) is 0 Å². The summed E-state index contributed by atoms with van der Waals surface area (Å²) in [5, 5.41) is 1.20. The zero-order valence-corrected chi connectivity index (χ0v) is 14.2. The number of fused-ring (bicyclic) bond motifs is 1. The Morgan fingerprint density at radius 3 is 2.56 bits per heavy atom. The minimum atomic E-state index is 0.483. The Morgan fingerprint density at radius 1 is 1.11 bits per heavy atom. The predicted molar refractivity (Wildman–Crippen MR) is 87.1 cm³/mol. The average molecular weight is 435 g/mol. The Kier molecular flexibility index (Phi) is 3.65. The van der Waals surface area contributed by atoms with Gasteiger partial charge < -0.3 is 4.90 Å². The molecule has 1 fully saturated rings. The van der Waals surface area contributed by atoms with Crippen LogP contribution in [-0.4, -0.2) is 27.7 Å². The summed E-state index contributed by atoms with van der Waals surface area (Å²) < 4.78 is 1.13. The molecule has 1 aromatic carbocycles. The van der Waals surface area contributed by atoms with Crippen molar-refractivity contribution in [2.75, 3.05) is 18.0 Å². The van der Waals surface area contributed by atoms with Gasteiger partial charge in [-0.05, 0) is 40.2 Å². The molecule has 0 N–H and O–H groups in total. The first kappa shape index (κ1) is 12.9. The van der Waals surface area contributed by atoms with Crippen molar-refractivity contribution in [1.82, 2.24) is 4.98 Å². The molecule has 0 unspecified atom stereocenters. The molecule has 1 aliphatic rings. The molecule has 0 bridgehead atoms. The summed E-state index contributed by atoms with van der Waals surface area (Å²) >= 11 is 11.1. The van der Waals surface area contributed by atoms with Gasteiger partial charge in [0.25, 0.3) is 0 Å². The first-order chi connectivity index (χ1) is 8.66. The third-order valence-electron chi connectivity index (χ3n) is 3.21. The van der Waals surface area contributed by atoms with Gasteiger partial charge in [-0.15, -0.1) is 0 Å². The maximum absolute atomic E-state index is 4.42. The number of hydrogen-bond acceptors (Lipinski definition) is 2. The Balaban J connectivity index is 2.13. The van der Waals surface area contributed by atoms with E-state index in [9.17, 15) is 0 Å². The Morgan fingerprint density at radius 2 is 1.83 bits per heavy atom. The number of aromatic nitrogens is 1. The van der Waals surface area contributed by atoms with Crippen molar-refractivity contribution in [3.8, 4) is 0 Å². The molecule has 0 spiro atoms. The van der Waals surface area contributed by atoms with Crippen LogP contribution in [-0.2, 0) is 0 Å². The number of nitrogens with zero attached hydrogens (tertiary/aromatic N) is 2. The lowest BCUT2D eigenvalue weighted by atomic mass is 10.1. The summed E-state index contributed by atoms with van der Waals surface area (Å²) in [6.45, 7) is 2.01. The Hall–Kier alpha value is -0.130. The van der Waals surface area contributed by atoms with Crippen LogP contribution in [0.5, 0.6) is 0 Å². The SMILES string of the molecule is Brc1ccc2ncccc2c1N1C[C@@H](Br)[C@H](Br)C1. The molecule has 1 aliphatic heterocycles. The van der Waals surface area contributed by atoms with E-state index in [-0.39, 0.29) is 0 Å². The highest BCUT2D eigenvalue weighted by Gasteiger charge is 2.30. The minimum absolute atomic E-state index is 0.483. The molecule has 1 aromatic heterocycles. The lowest BCUT2D eigenvalue weighted by Gasteiger charge is -2.21. The molecule has 5 heteroatoms. The van der Waals surface area contributed by atoms with Crippen LogP contribution in [0.25, 0.3) is 10.9 Å². The van der Waals surface area contributed by atoms with Crippen LogP contribution in [0.3, 0.4) is 0 Å². The van der Waals surface area contributed by atoms with Gasteiger partial charge in [0.2, 0.25) is 0 Å². The number of hydrogen-bond donors (Lipinski definition) is 0. The number of halogens is 3. The summed E-state index contributed by atoms with van der Waals surface area (Å²) in [7, 11) is 0. The molecular formula is C13H11Br3N2. The van der Waals surface area contributed by atoms with E-state index in [1.165, 1.54) is 11.1 Å². The second kappa shape index (κ2) is 5.10. The molecule has 2 atom stereocenters. The third kappa shape index (κ3) is 2.21. The lowest BCUT2D eigenvalue weighted by molar-refractivity contribution is 0.978. The normalized spacial score (nSPS) is 23.8. The maximum Gasteiger partial charge on any atom is 0.0723 e. The van der Waals surface area contributed by atoms with Crippen molar-refractivity contribution in [3.63, 3.8) is 0 Å². The minimum Gasteiger partial charge on any atom is -0.368 e. The van der Waals surface area contributed by atoms with Crippen LogP contribution in [0.2, 0.25) is 0 Å². The lowest BCUT2D eigenvalue weighted by Crippen LogP contribution is -2.20. The highest BCUT2D eigenvalue weighted by molar-refractivity contribution is 9.12. The fourth-order valence-electron chi connectivity index (χ4n) is 2.34. The summed E-state index contributed by atoms with van der Waals surface area (Å²) in [4.78, 5) is 7.78. The van der Waals surface area contributed by atoms with Crippen LogP contribution >= 0.6 is 47.8 Å². The Bertz CT molecular complexity index is 577. The largest absolute Gasteiger partial charge is 0.368 e. The first-order valence-corrected chi connectivity index (χ1v) is 8.35. The van der Waals surface area contributed by atoms with Gasteiger partial charge in [-0.25, -0.2) is 0 Å². The summed E-state index contributed by atoms with van der Waals surface area (Å²) in [6.07, 6.45) is 1.84. The van der Waals surface area contributed by atoms with Gasteiger partial charge in [-0.3, -0.25) is 4.98 Å². The van der Waals surface area contributed by atoms with Gasteiger partial charge in [-0.2, -0.15) is 0 Å². The van der Waals surface area contributed by atoms with Crippen molar-refractivity contribution in [3.05, 3.63) is 34.9 Å². The van der Waals surface area contributed by atoms with E-state index >= 15 is 0 Å². The quantitative estimate of drug-likeness (QED) is 0.620. The van der Waals surface area contributed by atoms with E-state index in [1.807, 2.05) is 12.3 Å². The van der Waals surface area contributed by atoms with Crippen molar-refractivity contribution >= 4 is 64.4 Å². The second-order valence-corrected chi connectivity index (χ2v) is 7.61. The van der Waals surface area contributed by atoms with Gasteiger partial charge in [0.15, 0.2) is 0 Å². The molecule has 2 nitrogen and oxygen atoms in total.